The minimum Gasteiger partial charge on any atom is -0.476 e. The van der Waals surface area contributed by atoms with Crippen molar-refractivity contribution in [3.05, 3.63) is 69.8 Å². The Morgan fingerprint density at radius 2 is 1.83 bits per heavy atom. The maximum Gasteiger partial charge on any atom is 0.358 e. The summed E-state index contributed by atoms with van der Waals surface area (Å²) >= 11 is 11.9. The van der Waals surface area contributed by atoms with Gasteiger partial charge in [-0.15, -0.1) is 5.10 Å². The lowest BCUT2D eigenvalue weighted by Crippen LogP contribution is -2.06. The molecule has 0 saturated carbocycles. The van der Waals surface area contributed by atoms with E-state index in [1.807, 2.05) is 12.1 Å². The largest absolute Gasteiger partial charge is 0.476 e. The number of nitrogens with zero attached hydrogens (tertiary/aromatic N) is 3. The summed E-state index contributed by atoms with van der Waals surface area (Å²) in [4.78, 5) is 11.4. The van der Waals surface area contributed by atoms with E-state index >= 15 is 0 Å². The van der Waals surface area contributed by atoms with E-state index in [0.29, 0.717) is 27.8 Å². The standard InChI is InChI=1S/C16H11Cl2N3O2/c17-12-6-4-11(5-7-12)15-14(16(22)23)19-20-21(15)9-10-2-1-3-13(18)8-10/h1-8H,9H2,(H,22,23). The highest BCUT2D eigenvalue weighted by atomic mass is 35.5. The fourth-order valence-electron chi connectivity index (χ4n) is 2.27. The minimum atomic E-state index is -1.13. The maximum atomic E-state index is 11.4. The maximum absolute atomic E-state index is 11.4. The lowest BCUT2D eigenvalue weighted by Gasteiger charge is -2.08. The lowest BCUT2D eigenvalue weighted by molar-refractivity contribution is 0.0691. The van der Waals surface area contributed by atoms with Gasteiger partial charge in [0.2, 0.25) is 0 Å². The summed E-state index contributed by atoms with van der Waals surface area (Å²) < 4.78 is 1.54. The molecule has 1 aromatic heterocycles. The second-order valence-electron chi connectivity index (χ2n) is 4.89. The third kappa shape index (κ3) is 3.36. The molecule has 0 unspecified atom stereocenters. The number of carbonyl (C=O) groups is 1. The number of rotatable bonds is 4. The Kier molecular flexibility index (Phi) is 4.32. The van der Waals surface area contributed by atoms with Crippen LogP contribution < -0.4 is 0 Å². The van der Waals surface area contributed by atoms with Crippen LogP contribution in [0.2, 0.25) is 10.0 Å². The van der Waals surface area contributed by atoms with Gasteiger partial charge in [-0.25, -0.2) is 9.48 Å². The molecule has 23 heavy (non-hydrogen) atoms. The second kappa shape index (κ2) is 6.40. The monoisotopic (exact) mass is 347 g/mol. The van der Waals surface area contributed by atoms with Gasteiger partial charge < -0.3 is 5.11 Å². The second-order valence-corrected chi connectivity index (χ2v) is 5.76. The van der Waals surface area contributed by atoms with E-state index < -0.39 is 5.97 Å². The Morgan fingerprint density at radius 3 is 2.48 bits per heavy atom. The number of benzene rings is 2. The molecule has 116 valence electrons. The topological polar surface area (TPSA) is 68.0 Å². The number of hydrogen-bond acceptors (Lipinski definition) is 3. The average Bonchev–Trinajstić information content (AvgIpc) is 2.92. The average molecular weight is 348 g/mol. The molecular formula is C16H11Cl2N3O2. The number of aromatic carboxylic acids is 1. The van der Waals surface area contributed by atoms with E-state index in [1.54, 1.807) is 41.1 Å². The van der Waals surface area contributed by atoms with Crippen molar-refractivity contribution in [2.24, 2.45) is 0 Å². The molecule has 2 aromatic carbocycles. The molecule has 0 fully saturated rings. The Hall–Kier alpha value is -2.37. The van der Waals surface area contributed by atoms with Crippen molar-refractivity contribution < 1.29 is 9.90 Å². The zero-order chi connectivity index (χ0) is 16.4. The number of halogens is 2. The van der Waals surface area contributed by atoms with Gasteiger partial charge in [0.15, 0.2) is 5.69 Å². The van der Waals surface area contributed by atoms with Crippen molar-refractivity contribution in [3.63, 3.8) is 0 Å². The first kappa shape index (κ1) is 15.5. The molecule has 0 aliphatic rings. The summed E-state index contributed by atoms with van der Waals surface area (Å²) in [6.07, 6.45) is 0. The Morgan fingerprint density at radius 1 is 1.09 bits per heavy atom. The molecule has 1 heterocycles. The van der Waals surface area contributed by atoms with Crippen molar-refractivity contribution in [2.75, 3.05) is 0 Å². The van der Waals surface area contributed by atoms with Crippen molar-refractivity contribution in [2.45, 2.75) is 6.54 Å². The normalized spacial score (nSPS) is 10.7. The summed E-state index contributed by atoms with van der Waals surface area (Å²) in [5.41, 5.74) is 1.90. The van der Waals surface area contributed by atoms with Crippen LogP contribution in [-0.2, 0) is 6.54 Å². The quantitative estimate of drug-likeness (QED) is 0.774. The van der Waals surface area contributed by atoms with Gasteiger partial charge in [0.25, 0.3) is 0 Å². The molecule has 1 N–H and O–H groups in total. The van der Waals surface area contributed by atoms with E-state index in [0.717, 1.165) is 5.56 Å². The SMILES string of the molecule is O=C(O)c1nnn(Cc2cccc(Cl)c2)c1-c1ccc(Cl)cc1. The van der Waals surface area contributed by atoms with Gasteiger partial charge in [0, 0.05) is 15.6 Å². The predicted molar refractivity (Wildman–Crippen MR) is 88.0 cm³/mol. The minimum absolute atomic E-state index is 0.102. The number of carboxylic acid groups (broad SMARTS) is 1. The number of carboxylic acids is 1. The fraction of sp³-hybridized carbons (Fsp3) is 0.0625. The van der Waals surface area contributed by atoms with Crippen LogP contribution in [0.15, 0.2) is 48.5 Å². The lowest BCUT2D eigenvalue weighted by atomic mass is 10.1. The van der Waals surface area contributed by atoms with Gasteiger partial charge in [-0.2, -0.15) is 0 Å². The van der Waals surface area contributed by atoms with E-state index in [4.69, 9.17) is 23.2 Å². The molecule has 7 heteroatoms. The molecule has 0 aliphatic heterocycles. The molecular weight excluding hydrogens is 337 g/mol. The summed E-state index contributed by atoms with van der Waals surface area (Å²) in [5, 5.41) is 18.3. The van der Waals surface area contributed by atoms with Gasteiger partial charge in [0.05, 0.1) is 6.54 Å². The highest BCUT2D eigenvalue weighted by Crippen LogP contribution is 2.25. The van der Waals surface area contributed by atoms with E-state index in [2.05, 4.69) is 10.3 Å². The van der Waals surface area contributed by atoms with Gasteiger partial charge in [-0.05, 0) is 29.8 Å². The Balaban J connectivity index is 2.07. The van der Waals surface area contributed by atoms with Crippen LogP contribution in [0.1, 0.15) is 16.1 Å². The van der Waals surface area contributed by atoms with Crippen LogP contribution in [0.3, 0.4) is 0 Å². The van der Waals surface area contributed by atoms with E-state index in [1.165, 1.54) is 0 Å². The van der Waals surface area contributed by atoms with Gasteiger partial charge in [0.1, 0.15) is 5.69 Å². The molecule has 3 rings (SSSR count). The van der Waals surface area contributed by atoms with Crippen LogP contribution in [0.4, 0.5) is 0 Å². The fourth-order valence-corrected chi connectivity index (χ4v) is 2.61. The van der Waals surface area contributed by atoms with Crippen LogP contribution in [0, 0.1) is 0 Å². The molecule has 0 amide bonds. The van der Waals surface area contributed by atoms with Gasteiger partial charge in [-0.3, -0.25) is 0 Å². The van der Waals surface area contributed by atoms with Crippen LogP contribution in [0.5, 0.6) is 0 Å². The van der Waals surface area contributed by atoms with E-state index in [9.17, 15) is 9.90 Å². The van der Waals surface area contributed by atoms with Crippen molar-refractivity contribution >= 4 is 29.2 Å². The summed E-state index contributed by atoms with van der Waals surface area (Å²) in [6, 6.07) is 14.2. The zero-order valence-electron chi connectivity index (χ0n) is 11.8. The van der Waals surface area contributed by atoms with Crippen LogP contribution in [0.25, 0.3) is 11.3 Å². The Labute approximate surface area is 142 Å². The van der Waals surface area contributed by atoms with E-state index in [-0.39, 0.29) is 5.69 Å². The van der Waals surface area contributed by atoms with Crippen molar-refractivity contribution in [1.82, 2.24) is 15.0 Å². The molecule has 0 atom stereocenters. The molecule has 3 aromatic rings. The smallest absolute Gasteiger partial charge is 0.358 e. The van der Waals surface area contributed by atoms with Crippen LogP contribution in [-0.4, -0.2) is 26.1 Å². The van der Waals surface area contributed by atoms with Crippen LogP contribution >= 0.6 is 23.2 Å². The Bertz CT molecular complexity index is 860. The first-order chi connectivity index (χ1) is 11.0. The van der Waals surface area contributed by atoms with Crippen molar-refractivity contribution in [1.29, 1.82) is 0 Å². The zero-order valence-corrected chi connectivity index (χ0v) is 13.3. The third-order valence-electron chi connectivity index (χ3n) is 3.28. The summed E-state index contributed by atoms with van der Waals surface area (Å²) in [5.74, 6) is -1.13. The summed E-state index contributed by atoms with van der Waals surface area (Å²) in [7, 11) is 0. The molecule has 0 spiro atoms. The molecule has 0 aliphatic carbocycles. The number of aromatic nitrogens is 3. The summed E-state index contributed by atoms with van der Waals surface area (Å²) in [6.45, 7) is 0.360. The predicted octanol–water partition coefficient (Wildman–Crippen LogP) is 4.00. The molecule has 0 radical (unpaired) electrons. The van der Waals surface area contributed by atoms with Gasteiger partial charge >= 0.3 is 5.97 Å². The highest BCUT2D eigenvalue weighted by molar-refractivity contribution is 6.30. The molecule has 0 bridgehead atoms. The van der Waals surface area contributed by atoms with Gasteiger partial charge in [-0.1, -0.05) is 52.7 Å². The third-order valence-corrected chi connectivity index (χ3v) is 3.76. The molecule has 0 saturated heterocycles. The van der Waals surface area contributed by atoms with Crippen molar-refractivity contribution in [3.8, 4) is 11.3 Å². The highest BCUT2D eigenvalue weighted by Gasteiger charge is 2.20. The first-order valence-electron chi connectivity index (χ1n) is 6.72. The first-order valence-corrected chi connectivity index (χ1v) is 7.47. The molecule has 5 nitrogen and oxygen atoms in total. The number of hydrogen-bond donors (Lipinski definition) is 1.